The topological polar surface area (TPSA) is 12.9 Å². The number of halogens is 1. The van der Waals surface area contributed by atoms with Gasteiger partial charge in [0.25, 0.3) is 0 Å². The molecule has 0 aromatic carbocycles. The SMILES string of the molecule is Cc1ccc(C2(C)CC2)c(F)n1. The molecule has 1 fully saturated rings. The molecule has 2 rings (SSSR count). The first kappa shape index (κ1) is 7.71. The molecule has 0 spiro atoms. The van der Waals surface area contributed by atoms with Gasteiger partial charge in [0.2, 0.25) is 5.95 Å². The maximum absolute atomic E-state index is 13.3. The minimum atomic E-state index is -0.282. The molecule has 0 atom stereocenters. The summed E-state index contributed by atoms with van der Waals surface area (Å²) in [5, 5.41) is 0. The van der Waals surface area contributed by atoms with Gasteiger partial charge in [-0.1, -0.05) is 13.0 Å². The van der Waals surface area contributed by atoms with Crippen molar-refractivity contribution in [2.45, 2.75) is 32.1 Å². The van der Waals surface area contributed by atoms with E-state index in [9.17, 15) is 4.39 Å². The summed E-state index contributed by atoms with van der Waals surface area (Å²) >= 11 is 0. The molecule has 0 N–H and O–H groups in total. The van der Waals surface area contributed by atoms with Crippen LogP contribution >= 0.6 is 0 Å². The Kier molecular flexibility index (Phi) is 1.47. The van der Waals surface area contributed by atoms with Crippen LogP contribution < -0.4 is 0 Å². The van der Waals surface area contributed by atoms with E-state index in [0.29, 0.717) is 0 Å². The Labute approximate surface area is 71.6 Å². The van der Waals surface area contributed by atoms with Crippen LogP contribution in [0.5, 0.6) is 0 Å². The minimum Gasteiger partial charge on any atom is -0.225 e. The lowest BCUT2D eigenvalue weighted by Crippen LogP contribution is -2.05. The van der Waals surface area contributed by atoms with Gasteiger partial charge in [0.1, 0.15) is 0 Å². The zero-order chi connectivity index (χ0) is 8.77. The van der Waals surface area contributed by atoms with Gasteiger partial charge in [0, 0.05) is 11.3 Å². The predicted molar refractivity (Wildman–Crippen MR) is 45.5 cm³/mol. The number of nitrogens with zero attached hydrogens (tertiary/aromatic N) is 1. The van der Waals surface area contributed by atoms with Crippen LogP contribution in [0.2, 0.25) is 0 Å². The van der Waals surface area contributed by atoms with Crippen LogP contribution in [-0.2, 0) is 5.41 Å². The van der Waals surface area contributed by atoms with Gasteiger partial charge in [-0.25, -0.2) is 4.98 Å². The predicted octanol–water partition coefficient (Wildman–Crippen LogP) is 2.58. The molecule has 0 aliphatic heterocycles. The van der Waals surface area contributed by atoms with Crippen molar-refractivity contribution < 1.29 is 4.39 Å². The van der Waals surface area contributed by atoms with Gasteiger partial charge < -0.3 is 0 Å². The molecule has 0 bridgehead atoms. The summed E-state index contributed by atoms with van der Waals surface area (Å²) in [5.41, 5.74) is 1.62. The van der Waals surface area contributed by atoms with E-state index in [2.05, 4.69) is 11.9 Å². The Bertz CT molecular complexity index is 316. The summed E-state index contributed by atoms with van der Waals surface area (Å²) in [6.07, 6.45) is 2.18. The fourth-order valence-corrected chi connectivity index (χ4v) is 1.43. The molecule has 1 aromatic heterocycles. The standard InChI is InChI=1S/C10H12FN/c1-7-3-4-8(9(11)12-7)10(2)5-6-10/h3-4H,5-6H2,1-2H3. The molecule has 64 valence electrons. The lowest BCUT2D eigenvalue weighted by Gasteiger charge is -2.08. The first-order chi connectivity index (χ1) is 5.62. The van der Waals surface area contributed by atoms with Crippen LogP contribution in [0.15, 0.2) is 12.1 Å². The number of hydrogen-bond donors (Lipinski definition) is 0. The van der Waals surface area contributed by atoms with Gasteiger partial charge in [-0.05, 0) is 31.2 Å². The van der Waals surface area contributed by atoms with Crippen molar-refractivity contribution in [3.8, 4) is 0 Å². The fourth-order valence-electron chi connectivity index (χ4n) is 1.43. The van der Waals surface area contributed by atoms with E-state index in [0.717, 1.165) is 24.1 Å². The number of aromatic nitrogens is 1. The first-order valence-electron chi connectivity index (χ1n) is 4.25. The molecule has 1 aromatic rings. The van der Waals surface area contributed by atoms with E-state index in [1.807, 2.05) is 19.1 Å². The van der Waals surface area contributed by atoms with Gasteiger partial charge >= 0.3 is 0 Å². The van der Waals surface area contributed by atoms with Gasteiger partial charge in [0.15, 0.2) is 0 Å². The van der Waals surface area contributed by atoms with E-state index in [4.69, 9.17) is 0 Å². The first-order valence-corrected chi connectivity index (χ1v) is 4.25. The highest BCUT2D eigenvalue weighted by atomic mass is 19.1. The lowest BCUT2D eigenvalue weighted by molar-refractivity contribution is 0.543. The van der Waals surface area contributed by atoms with E-state index < -0.39 is 0 Å². The van der Waals surface area contributed by atoms with Crippen LogP contribution in [0.25, 0.3) is 0 Å². The number of pyridine rings is 1. The van der Waals surface area contributed by atoms with Gasteiger partial charge in [-0.15, -0.1) is 0 Å². The summed E-state index contributed by atoms with van der Waals surface area (Å²) in [6, 6.07) is 3.74. The Morgan fingerprint density at radius 3 is 2.58 bits per heavy atom. The van der Waals surface area contributed by atoms with Crippen LogP contribution in [0.4, 0.5) is 4.39 Å². The molecule has 0 radical (unpaired) electrons. The summed E-state index contributed by atoms with van der Waals surface area (Å²) < 4.78 is 13.3. The van der Waals surface area contributed by atoms with Crippen molar-refractivity contribution in [3.63, 3.8) is 0 Å². The van der Waals surface area contributed by atoms with Crippen molar-refractivity contribution in [2.24, 2.45) is 0 Å². The average molecular weight is 165 g/mol. The van der Waals surface area contributed by atoms with E-state index in [1.165, 1.54) is 0 Å². The number of hydrogen-bond acceptors (Lipinski definition) is 1. The molecule has 12 heavy (non-hydrogen) atoms. The van der Waals surface area contributed by atoms with Gasteiger partial charge in [-0.2, -0.15) is 4.39 Å². The zero-order valence-electron chi connectivity index (χ0n) is 7.39. The van der Waals surface area contributed by atoms with Crippen LogP contribution in [0, 0.1) is 12.9 Å². The number of rotatable bonds is 1. The largest absolute Gasteiger partial charge is 0.225 e. The quantitative estimate of drug-likeness (QED) is 0.583. The van der Waals surface area contributed by atoms with Crippen molar-refractivity contribution in [1.82, 2.24) is 4.98 Å². The Morgan fingerprint density at radius 2 is 2.08 bits per heavy atom. The highest BCUT2D eigenvalue weighted by Crippen LogP contribution is 2.48. The highest BCUT2D eigenvalue weighted by Gasteiger charge is 2.41. The van der Waals surface area contributed by atoms with Gasteiger partial charge in [0.05, 0.1) is 0 Å². The Hall–Kier alpha value is -0.920. The maximum Gasteiger partial charge on any atom is 0.216 e. The smallest absolute Gasteiger partial charge is 0.216 e. The van der Waals surface area contributed by atoms with E-state index in [-0.39, 0.29) is 11.4 Å². The fraction of sp³-hybridized carbons (Fsp3) is 0.500. The molecule has 1 aliphatic rings. The third kappa shape index (κ3) is 1.11. The average Bonchev–Trinajstić information content (AvgIpc) is 2.68. The summed E-state index contributed by atoms with van der Waals surface area (Å²) in [4.78, 5) is 3.81. The van der Waals surface area contributed by atoms with Crippen molar-refractivity contribution in [3.05, 3.63) is 29.3 Å². The van der Waals surface area contributed by atoms with E-state index in [1.54, 1.807) is 0 Å². The van der Waals surface area contributed by atoms with Gasteiger partial charge in [-0.3, -0.25) is 0 Å². The van der Waals surface area contributed by atoms with Crippen LogP contribution in [-0.4, -0.2) is 4.98 Å². The van der Waals surface area contributed by atoms with Crippen molar-refractivity contribution >= 4 is 0 Å². The molecule has 0 amide bonds. The lowest BCUT2D eigenvalue weighted by atomic mass is 10.00. The Balaban J connectivity index is 2.45. The Morgan fingerprint density at radius 1 is 1.42 bits per heavy atom. The van der Waals surface area contributed by atoms with Crippen LogP contribution in [0.1, 0.15) is 31.0 Å². The minimum absolute atomic E-state index is 0.0881. The molecule has 1 nitrogen and oxygen atoms in total. The second kappa shape index (κ2) is 2.28. The second-order valence-electron chi connectivity index (χ2n) is 3.85. The molecular formula is C10H12FN. The molecule has 1 aliphatic carbocycles. The highest BCUT2D eigenvalue weighted by molar-refractivity contribution is 5.29. The molecule has 0 saturated heterocycles. The summed E-state index contributed by atoms with van der Waals surface area (Å²) in [5.74, 6) is -0.282. The molecular weight excluding hydrogens is 153 g/mol. The molecule has 0 unspecified atom stereocenters. The number of aryl methyl sites for hydroxylation is 1. The zero-order valence-corrected chi connectivity index (χ0v) is 7.39. The summed E-state index contributed by atoms with van der Waals surface area (Å²) in [6.45, 7) is 3.89. The van der Waals surface area contributed by atoms with Crippen molar-refractivity contribution in [2.75, 3.05) is 0 Å². The summed E-state index contributed by atoms with van der Waals surface area (Å²) in [7, 11) is 0. The normalized spacial score (nSPS) is 19.2. The molecule has 1 heterocycles. The third-order valence-corrected chi connectivity index (χ3v) is 2.64. The molecule has 1 saturated carbocycles. The van der Waals surface area contributed by atoms with Crippen molar-refractivity contribution in [1.29, 1.82) is 0 Å². The molecule has 2 heteroatoms. The van der Waals surface area contributed by atoms with E-state index >= 15 is 0 Å². The second-order valence-corrected chi connectivity index (χ2v) is 3.85. The third-order valence-electron chi connectivity index (χ3n) is 2.64. The maximum atomic E-state index is 13.3. The van der Waals surface area contributed by atoms with Crippen LogP contribution in [0.3, 0.4) is 0 Å². The monoisotopic (exact) mass is 165 g/mol.